The molecule has 0 saturated carbocycles. The number of fused-ring (bicyclic) bond motifs is 1. The zero-order valence-corrected chi connectivity index (χ0v) is 9.93. The summed E-state index contributed by atoms with van der Waals surface area (Å²) in [6.45, 7) is 3.79. The molecule has 0 N–H and O–H groups in total. The van der Waals surface area contributed by atoms with Gasteiger partial charge in [0.2, 0.25) is 0 Å². The molecule has 17 heavy (non-hydrogen) atoms. The van der Waals surface area contributed by atoms with Gasteiger partial charge in [-0.1, -0.05) is 0 Å². The van der Waals surface area contributed by atoms with Gasteiger partial charge in [-0.25, -0.2) is 0 Å². The monoisotopic (exact) mass is 244 g/mol. The zero-order valence-electron chi connectivity index (χ0n) is 9.93. The van der Waals surface area contributed by atoms with Crippen LogP contribution in [0.3, 0.4) is 0 Å². The van der Waals surface area contributed by atoms with Crippen LogP contribution in [-0.2, 0) is 28.5 Å². The molecular weight excluding hydrogens is 228 g/mol. The Kier molecular flexibility index (Phi) is 3.35. The van der Waals surface area contributed by atoms with Crippen molar-refractivity contribution in [2.24, 2.45) is 0 Å². The Hall–Kier alpha value is -1.14. The summed E-state index contributed by atoms with van der Waals surface area (Å²) < 4.78 is 21.2. The second-order valence-electron chi connectivity index (χ2n) is 4.58. The average Bonchev–Trinajstić information content (AvgIpc) is 2.55. The number of rotatable bonds is 0. The molecule has 2 aliphatic heterocycles. The maximum atomic E-state index is 11.3. The molecule has 2 saturated heterocycles. The molecule has 2 heterocycles. The number of hydrogen-bond acceptors (Lipinski definition) is 6. The van der Waals surface area contributed by atoms with Crippen molar-refractivity contribution in [3.63, 3.8) is 0 Å². The van der Waals surface area contributed by atoms with Crippen LogP contribution in [0, 0.1) is 0 Å². The lowest BCUT2D eigenvalue weighted by atomic mass is 10.2. The first kappa shape index (κ1) is 12.3. The first-order valence-corrected chi connectivity index (χ1v) is 5.63. The van der Waals surface area contributed by atoms with E-state index in [-0.39, 0.29) is 38.3 Å². The Bertz CT molecular complexity index is 294. The molecule has 2 fully saturated rings. The quantitative estimate of drug-likeness (QED) is 0.574. The van der Waals surface area contributed by atoms with Gasteiger partial charge in [0.05, 0.1) is 12.8 Å². The molecule has 96 valence electrons. The van der Waals surface area contributed by atoms with Gasteiger partial charge in [0.15, 0.2) is 5.79 Å². The van der Waals surface area contributed by atoms with E-state index in [1.165, 1.54) is 0 Å². The van der Waals surface area contributed by atoms with E-state index in [2.05, 4.69) is 0 Å². The van der Waals surface area contributed by atoms with Gasteiger partial charge in [0.1, 0.15) is 25.4 Å². The van der Waals surface area contributed by atoms with E-state index in [0.29, 0.717) is 0 Å². The molecule has 0 aromatic carbocycles. The molecule has 2 rings (SSSR count). The Labute approximate surface area is 99.2 Å². The van der Waals surface area contributed by atoms with Crippen molar-refractivity contribution in [1.82, 2.24) is 0 Å². The van der Waals surface area contributed by atoms with Gasteiger partial charge in [-0.2, -0.15) is 0 Å². The van der Waals surface area contributed by atoms with Crippen LogP contribution in [-0.4, -0.2) is 43.1 Å². The highest BCUT2D eigenvalue weighted by atomic mass is 16.8. The number of esters is 2. The minimum Gasteiger partial charge on any atom is -0.463 e. The van der Waals surface area contributed by atoms with E-state index in [1.54, 1.807) is 13.8 Å². The summed E-state index contributed by atoms with van der Waals surface area (Å²) in [5.41, 5.74) is 0. The SMILES string of the molecule is CC1(C)O[C@@H]2COC(=O)CCC(=O)OC[C@H]2O1. The zero-order chi connectivity index (χ0) is 12.5. The molecule has 0 aromatic rings. The second kappa shape index (κ2) is 4.62. The molecule has 0 spiro atoms. The van der Waals surface area contributed by atoms with Crippen LogP contribution in [0.5, 0.6) is 0 Å². The van der Waals surface area contributed by atoms with Crippen molar-refractivity contribution in [2.75, 3.05) is 13.2 Å². The molecule has 0 bridgehead atoms. The first-order chi connectivity index (χ1) is 7.96. The van der Waals surface area contributed by atoms with Crippen LogP contribution in [0.15, 0.2) is 0 Å². The lowest BCUT2D eigenvalue weighted by Crippen LogP contribution is -2.34. The fourth-order valence-corrected chi connectivity index (χ4v) is 1.89. The number of hydrogen-bond donors (Lipinski definition) is 0. The summed E-state index contributed by atoms with van der Waals surface area (Å²) in [6.07, 6.45) is -0.694. The minimum absolute atomic E-state index is 0.0421. The van der Waals surface area contributed by atoms with Crippen LogP contribution in [0.2, 0.25) is 0 Å². The molecular formula is C11H16O6. The number of carbonyl (C=O) groups excluding carboxylic acids is 2. The Balaban J connectivity index is 2.04. The largest absolute Gasteiger partial charge is 0.463 e. The lowest BCUT2D eigenvalue weighted by molar-refractivity contribution is -0.160. The van der Waals surface area contributed by atoms with Crippen molar-refractivity contribution < 1.29 is 28.5 Å². The van der Waals surface area contributed by atoms with Crippen LogP contribution in [0.25, 0.3) is 0 Å². The van der Waals surface area contributed by atoms with E-state index in [9.17, 15) is 9.59 Å². The summed E-state index contributed by atoms with van der Waals surface area (Å²) in [4.78, 5) is 22.5. The van der Waals surface area contributed by atoms with Crippen LogP contribution < -0.4 is 0 Å². The van der Waals surface area contributed by atoms with Gasteiger partial charge in [0, 0.05) is 0 Å². The van der Waals surface area contributed by atoms with E-state index in [0.717, 1.165) is 0 Å². The van der Waals surface area contributed by atoms with E-state index in [4.69, 9.17) is 18.9 Å². The van der Waals surface area contributed by atoms with E-state index >= 15 is 0 Å². The second-order valence-corrected chi connectivity index (χ2v) is 4.58. The normalized spacial score (nSPS) is 33.5. The summed E-state index contributed by atoms with van der Waals surface area (Å²) in [5, 5.41) is 0. The minimum atomic E-state index is -0.748. The fourth-order valence-electron chi connectivity index (χ4n) is 1.89. The number of carbonyl (C=O) groups is 2. The molecule has 6 nitrogen and oxygen atoms in total. The lowest BCUT2D eigenvalue weighted by Gasteiger charge is -2.18. The highest BCUT2D eigenvalue weighted by molar-refractivity contribution is 5.77. The number of cyclic esters (lactones) is 2. The molecule has 2 atom stereocenters. The maximum absolute atomic E-state index is 11.3. The molecule has 0 amide bonds. The standard InChI is InChI=1S/C11H16O6/c1-11(2)16-7-5-14-9(12)3-4-10(13)15-6-8(7)17-11/h7-8H,3-6H2,1-2H3/t7-,8-/m1/s1. The van der Waals surface area contributed by atoms with Crippen molar-refractivity contribution in [3.8, 4) is 0 Å². The topological polar surface area (TPSA) is 71.1 Å². The third kappa shape index (κ3) is 3.17. The number of ether oxygens (including phenoxy) is 4. The van der Waals surface area contributed by atoms with Crippen molar-refractivity contribution >= 4 is 11.9 Å². The fraction of sp³-hybridized carbons (Fsp3) is 0.818. The predicted molar refractivity (Wildman–Crippen MR) is 55.0 cm³/mol. The highest BCUT2D eigenvalue weighted by Gasteiger charge is 2.42. The Morgan fingerprint density at radius 3 is 1.76 bits per heavy atom. The molecule has 2 aliphatic rings. The third-order valence-electron chi connectivity index (χ3n) is 2.64. The maximum Gasteiger partial charge on any atom is 0.306 e. The van der Waals surface area contributed by atoms with E-state index < -0.39 is 17.7 Å². The van der Waals surface area contributed by atoms with Gasteiger partial charge in [-0.05, 0) is 13.8 Å². The van der Waals surface area contributed by atoms with Gasteiger partial charge >= 0.3 is 11.9 Å². The summed E-state index contributed by atoms with van der Waals surface area (Å²) in [5.74, 6) is -1.59. The van der Waals surface area contributed by atoms with E-state index in [1.807, 2.05) is 0 Å². The smallest absolute Gasteiger partial charge is 0.306 e. The molecule has 0 aromatic heterocycles. The van der Waals surface area contributed by atoms with Crippen LogP contribution >= 0.6 is 0 Å². The average molecular weight is 244 g/mol. The first-order valence-electron chi connectivity index (χ1n) is 5.63. The van der Waals surface area contributed by atoms with Crippen molar-refractivity contribution in [2.45, 2.75) is 44.7 Å². The molecule has 0 radical (unpaired) electrons. The van der Waals surface area contributed by atoms with Gasteiger partial charge in [-0.15, -0.1) is 0 Å². The third-order valence-corrected chi connectivity index (χ3v) is 2.64. The van der Waals surface area contributed by atoms with Crippen LogP contribution in [0.4, 0.5) is 0 Å². The summed E-state index contributed by atoms with van der Waals surface area (Å²) in [7, 11) is 0. The molecule has 0 aliphatic carbocycles. The van der Waals surface area contributed by atoms with Gasteiger partial charge < -0.3 is 18.9 Å². The van der Waals surface area contributed by atoms with Crippen LogP contribution in [0.1, 0.15) is 26.7 Å². The van der Waals surface area contributed by atoms with Gasteiger partial charge in [-0.3, -0.25) is 9.59 Å². The summed E-state index contributed by atoms with van der Waals surface area (Å²) >= 11 is 0. The Morgan fingerprint density at radius 1 is 0.941 bits per heavy atom. The predicted octanol–water partition coefficient (Wildman–Crippen LogP) is 0.387. The van der Waals surface area contributed by atoms with Crippen molar-refractivity contribution in [1.29, 1.82) is 0 Å². The molecule has 0 unspecified atom stereocenters. The van der Waals surface area contributed by atoms with Gasteiger partial charge in [0.25, 0.3) is 0 Å². The highest BCUT2D eigenvalue weighted by Crippen LogP contribution is 2.29. The molecule has 6 heteroatoms. The summed E-state index contributed by atoms with van der Waals surface area (Å²) in [6, 6.07) is 0. The Morgan fingerprint density at radius 2 is 1.35 bits per heavy atom. The van der Waals surface area contributed by atoms with Crippen molar-refractivity contribution in [3.05, 3.63) is 0 Å².